The first-order valence-corrected chi connectivity index (χ1v) is 10.2. The lowest BCUT2D eigenvalue weighted by Gasteiger charge is -2.19. The number of anilines is 3. The number of pyridine rings is 1. The molecule has 0 amide bonds. The molecule has 0 saturated heterocycles. The van der Waals surface area contributed by atoms with Crippen molar-refractivity contribution in [2.24, 2.45) is 5.73 Å². The van der Waals surface area contributed by atoms with Crippen molar-refractivity contribution < 1.29 is 22.0 Å². The Hall–Kier alpha value is -4.53. The molecule has 0 fully saturated rings. The average Bonchev–Trinajstić information content (AvgIpc) is 3.42. The molecule has 0 aliphatic rings. The second kappa shape index (κ2) is 8.11. The van der Waals surface area contributed by atoms with E-state index in [-0.39, 0.29) is 5.69 Å². The smallest absolute Gasteiger partial charge is 0.430 e. The van der Waals surface area contributed by atoms with Gasteiger partial charge in [-0.3, -0.25) is 15.3 Å². The summed E-state index contributed by atoms with van der Waals surface area (Å²) < 4.78 is 50.6. The molecule has 0 atom stereocenters. The van der Waals surface area contributed by atoms with Crippen molar-refractivity contribution in [3.63, 3.8) is 0 Å². The first kappa shape index (κ1) is 21.3. The fraction of sp³-hybridized carbons (Fsp3) is 0.0400. The zero-order valence-corrected chi connectivity index (χ0v) is 17.5. The van der Waals surface area contributed by atoms with E-state index in [1.807, 2.05) is 60.7 Å². The number of alkyl halides is 3. The highest BCUT2D eigenvalue weighted by atomic mass is 19.4. The van der Waals surface area contributed by atoms with E-state index in [4.69, 9.17) is 20.0 Å². The number of halogens is 3. The highest BCUT2D eigenvalue weighted by Gasteiger charge is 2.32. The molecule has 5 aromatic rings. The summed E-state index contributed by atoms with van der Waals surface area (Å²) in [5.74, 6) is 0.851. The van der Waals surface area contributed by atoms with Gasteiger partial charge in [0, 0.05) is 29.1 Å². The molecule has 3 N–H and O–H groups in total. The third-order valence-electron chi connectivity index (χ3n) is 5.17. The van der Waals surface area contributed by atoms with Crippen molar-refractivity contribution >= 4 is 45.1 Å². The van der Waals surface area contributed by atoms with E-state index in [9.17, 15) is 13.2 Å². The number of hydrogen-bond donors (Lipinski definition) is 2. The molecule has 170 valence electrons. The van der Waals surface area contributed by atoms with Crippen LogP contribution in [0.15, 0.2) is 99.6 Å². The number of aromatic nitrogens is 1. The van der Waals surface area contributed by atoms with Gasteiger partial charge in [-0.1, -0.05) is 36.4 Å². The molecule has 0 bridgehead atoms. The third kappa shape index (κ3) is 3.99. The van der Waals surface area contributed by atoms with Gasteiger partial charge in [-0.05, 0) is 30.3 Å². The highest BCUT2D eigenvalue weighted by molar-refractivity contribution is 6.06. The number of fused-ring (bicyclic) bond motifs is 2. The Kier molecular flexibility index (Phi) is 5.09. The quantitative estimate of drug-likeness (QED) is 0.280. The van der Waals surface area contributed by atoms with Crippen molar-refractivity contribution in [2.45, 2.75) is 6.18 Å². The van der Waals surface area contributed by atoms with Crippen LogP contribution in [0.4, 0.5) is 30.6 Å². The van der Waals surface area contributed by atoms with Gasteiger partial charge in [0.15, 0.2) is 0 Å². The van der Waals surface area contributed by atoms with Gasteiger partial charge >= 0.3 is 6.18 Å². The Morgan fingerprint density at radius 1 is 0.882 bits per heavy atom. The van der Waals surface area contributed by atoms with E-state index < -0.39 is 17.6 Å². The predicted octanol–water partition coefficient (Wildman–Crippen LogP) is 6.82. The molecule has 2 aromatic carbocycles. The van der Waals surface area contributed by atoms with Gasteiger partial charge < -0.3 is 14.6 Å². The van der Waals surface area contributed by atoms with Crippen molar-refractivity contribution in [3.8, 4) is 0 Å². The molecule has 3 aromatic heterocycles. The fourth-order valence-electron chi connectivity index (χ4n) is 3.54. The van der Waals surface area contributed by atoms with Crippen LogP contribution in [0.5, 0.6) is 0 Å². The monoisotopic (exact) mass is 462 g/mol. The van der Waals surface area contributed by atoms with Crippen molar-refractivity contribution in [1.29, 1.82) is 5.41 Å². The summed E-state index contributed by atoms with van der Waals surface area (Å²) in [6.45, 7) is 0. The summed E-state index contributed by atoms with van der Waals surface area (Å²) in [6.07, 6.45) is -2.80. The molecular weight excluding hydrogens is 445 g/mol. The lowest BCUT2D eigenvalue weighted by atomic mass is 10.2. The minimum Gasteiger partial charge on any atom is -0.440 e. The molecule has 34 heavy (non-hydrogen) atoms. The third-order valence-corrected chi connectivity index (χ3v) is 5.17. The van der Waals surface area contributed by atoms with E-state index in [0.717, 1.165) is 10.8 Å². The Morgan fingerprint density at radius 2 is 1.44 bits per heavy atom. The van der Waals surface area contributed by atoms with Gasteiger partial charge in [0.1, 0.15) is 16.9 Å². The molecule has 0 radical (unpaired) electrons. The molecular formula is C25H17F3N4O2. The maximum Gasteiger partial charge on any atom is 0.430 e. The molecule has 0 saturated carbocycles. The SMILES string of the molecule is N=C(C=C(N)C(F)(F)F)c1cc(N(c2cc3ccccc3o2)c2cc3ccccc3o2)ccn1. The minimum atomic E-state index is -4.74. The van der Waals surface area contributed by atoms with Crippen LogP contribution in [0.2, 0.25) is 0 Å². The summed E-state index contributed by atoms with van der Waals surface area (Å²) in [6, 6.07) is 21.7. The Morgan fingerprint density at radius 3 is 1.97 bits per heavy atom. The van der Waals surface area contributed by atoms with Crippen LogP contribution >= 0.6 is 0 Å². The zero-order valence-electron chi connectivity index (χ0n) is 17.5. The number of rotatable bonds is 5. The van der Waals surface area contributed by atoms with Gasteiger partial charge in [-0.25, -0.2) is 0 Å². The van der Waals surface area contributed by atoms with E-state index in [1.165, 1.54) is 12.3 Å². The standard InChI is InChI=1S/C25H17F3N4O2/c26-25(27,28)22(30)14-18(29)19-13-17(9-10-31-19)32(23-11-15-5-1-3-7-20(15)33-23)24-12-16-6-2-4-8-21(16)34-24/h1-14,29H,30H2. The summed E-state index contributed by atoms with van der Waals surface area (Å²) in [4.78, 5) is 5.73. The van der Waals surface area contributed by atoms with Crippen LogP contribution in [0.3, 0.4) is 0 Å². The lowest BCUT2D eigenvalue weighted by molar-refractivity contribution is -0.0925. The number of furan rings is 2. The summed E-state index contributed by atoms with van der Waals surface area (Å²) in [7, 11) is 0. The lowest BCUT2D eigenvalue weighted by Crippen LogP contribution is -2.21. The second-order valence-corrected chi connectivity index (χ2v) is 7.49. The van der Waals surface area contributed by atoms with Crippen molar-refractivity contribution in [2.75, 3.05) is 4.90 Å². The molecule has 5 rings (SSSR count). The number of nitrogens with two attached hydrogens (primary N) is 1. The number of para-hydroxylation sites is 2. The van der Waals surface area contributed by atoms with Gasteiger partial charge in [0.2, 0.25) is 11.8 Å². The molecule has 3 heterocycles. The molecule has 0 aliphatic heterocycles. The first-order valence-electron chi connectivity index (χ1n) is 10.2. The molecule has 6 nitrogen and oxygen atoms in total. The van der Waals surface area contributed by atoms with E-state index in [1.54, 1.807) is 11.0 Å². The number of benzene rings is 2. The maximum absolute atomic E-state index is 12.8. The van der Waals surface area contributed by atoms with Gasteiger partial charge in [-0.15, -0.1) is 0 Å². The summed E-state index contributed by atoms with van der Waals surface area (Å²) in [5.41, 5.74) is 5.01. The fourth-order valence-corrected chi connectivity index (χ4v) is 3.54. The van der Waals surface area contributed by atoms with Gasteiger partial charge in [0.05, 0.1) is 17.1 Å². The maximum atomic E-state index is 12.8. The number of allylic oxidation sites excluding steroid dienone is 2. The zero-order chi connectivity index (χ0) is 23.9. The van der Waals surface area contributed by atoms with Crippen LogP contribution in [0.1, 0.15) is 5.69 Å². The first-order chi connectivity index (χ1) is 16.3. The van der Waals surface area contributed by atoms with Crippen LogP contribution in [-0.2, 0) is 0 Å². The molecule has 9 heteroatoms. The van der Waals surface area contributed by atoms with Crippen LogP contribution in [0.25, 0.3) is 21.9 Å². The van der Waals surface area contributed by atoms with Crippen molar-refractivity contribution in [1.82, 2.24) is 4.98 Å². The molecule has 0 spiro atoms. The van der Waals surface area contributed by atoms with Gasteiger partial charge in [-0.2, -0.15) is 13.2 Å². The Balaban J connectivity index is 1.64. The average molecular weight is 462 g/mol. The van der Waals surface area contributed by atoms with E-state index in [0.29, 0.717) is 34.7 Å². The second-order valence-electron chi connectivity index (χ2n) is 7.49. The van der Waals surface area contributed by atoms with E-state index in [2.05, 4.69) is 4.98 Å². The minimum absolute atomic E-state index is 0.00178. The molecule has 0 aliphatic carbocycles. The Bertz CT molecular complexity index is 1410. The normalized spacial score (nSPS) is 12.4. The topological polar surface area (TPSA) is 92.3 Å². The number of nitrogens with one attached hydrogen (secondary N) is 1. The van der Waals surface area contributed by atoms with Crippen LogP contribution < -0.4 is 10.6 Å². The van der Waals surface area contributed by atoms with Gasteiger partial charge in [0.25, 0.3) is 0 Å². The van der Waals surface area contributed by atoms with Crippen LogP contribution in [-0.4, -0.2) is 16.9 Å². The van der Waals surface area contributed by atoms with E-state index >= 15 is 0 Å². The predicted molar refractivity (Wildman–Crippen MR) is 124 cm³/mol. The largest absolute Gasteiger partial charge is 0.440 e. The Labute approximate surface area is 191 Å². The number of hydrogen-bond acceptors (Lipinski definition) is 6. The number of nitrogens with zero attached hydrogens (tertiary/aromatic N) is 2. The molecule has 0 unspecified atom stereocenters. The summed E-state index contributed by atoms with van der Waals surface area (Å²) in [5, 5.41) is 9.80. The van der Waals surface area contributed by atoms with Crippen molar-refractivity contribution in [3.05, 3.63) is 96.5 Å². The summed E-state index contributed by atoms with van der Waals surface area (Å²) >= 11 is 0. The van der Waals surface area contributed by atoms with Crippen LogP contribution in [0, 0.1) is 5.41 Å². The highest BCUT2D eigenvalue weighted by Crippen LogP contribution is 2.40.